The van der Waals surface area contributed by atoms with Crippen LogP contribution in [0.2, 0.25) is 0 Å². The van der Waals surface area contributed by atoms with Crippen molar-refractivity contribution in [1.29, 1.82) is 0 Å². The summed E-state index contributed by atoms with van der Waals surface area (Å²) in [6, 6.07) is 10.8. The number of pyridine rings is 1. The molecule has 0 aliphatic carbocycles. The van der Waals surface area contributed by atoms with E-state index in [0.29, 0.717) is 5.56 Å². The Morgan fingerprint density at radius 3 is 2.76 bits per heavy atom. The molecule has 1 aromatic carbocycles. The van der Waals surface area contributed by atoms with E-state index >= 15 is 0 Å². The summed E-state index contributed by atoms with van der Waals surface area (Å²) in [5.41, 5.74) is 1.38. The monoisotopic (exact) mass is 244 g/mol. The fourth-order valence-electron chi connectivity index (χ4n) is 1.50. The molecule has 2 aromatic rings. The molecule has 0 saturated heterocycles. The minimum atomic E-state index is -0.0751. The summed E-state index contributed by atoms with van der Waals surface area (Å²) in [6.07, 6.45) is 3.33. The highest BCUT2D eigenvalue weighted by atomic mass is 32.1. The molecule has 0 bridgehead atoms. The Morgan fingerprint density at radius 1 is 1.29 bits per heavy atom. The highest BCUT2D eigenvalue weighted by Gasteiger charge is 2.13. The second kappa shape index (κ2) is 5.01. The van der Waals surface area contributed by atoms with Gasteiger partial charge in [-0.25, -0.2) is 0 Å². The maximum atomic E-state index is 12.2. The quantitative estimate of drug-likeness (QED) is 0.824. The zero-order chi connectivity index (χ0) is 12.3. The van der Waals surface area contributed by atoms with E-state index < -0.39 is 0 Å². The summed E-state index contributed by atoms with van der Waals surface area (Å²) >= 11 is 4.22. The topological polar surface area (TPSA) is 33.2 Å². The number of thiol groups is 1. The smallest absolute Gasteiger partial charge is 0.258 e. The molecule has 0 aliphatic heterocycles. The number of aromatic nitrogens is 1. The van der Waals surface area contributed by atoms with Crippen LogP contribution in [-0.4, -0.2) is 17.9 Å². The number of rotatable bonds is 2. The summed E-state index contributed by atoms with van der Waals surface area (Å²) in [5, 5.41) is 0. The molecule has 1 amide bonds. The van der Waals surface area contributed by atoms with Gasteiger partial charge < -0.3 is 4.90 Å². The van der Waals surface area contributed by atoms with Crippen molar-refractivity contribution in [3.8, 4) is 0 Å². The Labute approximate surface area is 106 Å². The van der Waals surface area contributed by atoms with Gasteiger partial charge in [-0.3, -0.25) is 9.78 Å². The molecule has 0 fully saturated rings. The van der Waals surface area contributed by atoms with E-state index in [9.17, 15) is 4.79 Å². The lowest BCUT2D eigenvalue weighted by atomic mass is 10.2. The van der Waals surface area contributed by atoms with Gasteiger partial charge in [0.05, 0.1) is 11.9 Å². The van der Waals surface area contributed by atoms with Crippen molar-refractivity contribution in [2.75, 3.05) is 11.9 Å². The number of carbonyl (C=O) groups is 1. The van der Waals surface area contributed by atoms with Crippen LogP contribution in [0, 0.1) is 0 Å². The van der Waals surface area contributed by atoms with Crippen LogP contribution in [0.4, 0.5) is 5.69 Å². The Bertz CT molecular complexity index is 528. The lowest BCUT2D eigenvalue weighted by Gasteiger charge is -2.16. The fourth-order valence-corrected chi connectivity index (χ4v) is 1.73. The van der Waals surface area contributed by atoms with Crippen molar-refractivity contribution in [2.24, 2.45) is 0 Å². The lowest BCUT2D eigenvalue weighted by molar-refractivity contribution is 0.0992. The first-order valence-corrected chi connectivity index (χ1v) is 5.60. The Morgan fingerprint density at radius 2 is 2.12 bits per heavy atom. The molecule has 17 heavy (non-hydrogen) atoms. The first-order valence-electron chi connectivity index (χ1n) is 5.15. The van der Waals surface area contributed by atoms with Gasteiger partial charge in [-0.15, -0.1) is 12.6 Å². The van der Waals surface area contributed by atoms with Crippen LogP contribution >= 0.6 is 12.6 Å². The zero-order valence-corrected chi connectivity index (χ0v) is 10.3. The van der Waals surface area contributed by atoms with E-state index in [1.807, 2.05) is 18.2 Å². The molecule has 2 rings (SSSR count). The fraction of sp³-hybridized carbons (Fsp3) is 0.0769. The van der Waals surface area contributed by atoms with E-state index in [1.54, 1.807) is 42.5 Å². The molecule has 0 spiro atoms. The highest BCUT2D eigenvalue weighted by molar-refractivity contribution is 7.80. The summed E-state index contributed by atoms with van der Waals surface area (Å²) in [5.74, 6) is -0.0751. The Balaban J connectivity index is 2.27. The molecular formula is C13H12N2OS. The van der Waals surface area contributed by atoms with Crippen molar-refractivity contribution in [3.05, 3.63) is 54.4 Å². The van der Waals surface area contributed by atoms with Crippen molar-refractivity contribution in [1.82, 2.24) is 4.98 Å². The summed E-state index contributed by atoms with van der Waals surface area (Å²) in [4.78, 5) is 18.5. The third-order valence-electron chi connectivity index (χ3n) is 2.43. The summed E-state index contributed by atoms with van der Waals surface area (Å²) in [6.45, 7) is 0. The summed E-state index contributed by atoms with van der Waals surface area (Å²) in [7, 11) is 1.73. The van der Waals surface area contributed by atoms with Gasteiger partial charge in [0.1, 0.15) is 0 Å². The van der Waals surface area contributed by atoms with E-state index in [4.69, 9.17) is 0 Å². The van der Waals surface area contributed by atoms with E-state index in [-0.39, 0.29) is 5.91 Å². The van der Waals surface area contributed by atoms with Gasteiger partial charge >= 0.3 is 0 Å². The number of amides is 1. The molecule has 0 aliphatic rings. The number of hydrogen-bond acceptors (Lipinski definition) is 3. The first-order chi connectivity index (χ1) is 8.18. The minimum Gasteiger partial charge on any atom is -0.310 e. The predicted molar refractivity (Wildman–Crippen MR) is 70.7 cm³/mol. The van der Waals surface area contributed by atoms with Gasteiger partial charge in [-0.05, 0) is 30.3 Å². The molecule has 3 nitrogen and oxygen atoms in total. The number of benzene rings is 1. The maximum absolute atomic E-state index is 12.2. The van der Waals surface area contributed by atoms with Crippen LogP contribution in [0.15, 0.2) is 53.7 Å². The average molecular weight is 244 g/mol. The summed E-state index contributed by atoms with van der Waals surface area (Å²) < 4.78 is 0. The molecule has 86 valence electrons. The number of carbonyl (C=O) groups excluding carboxylic acids is 1. The van der Waals surface area contributed by atoms with Gasteiger partial charge in [0, 0.05) is 23.7 Å². The number of nitrogens with zero attached hydrogens (tertiary/aromatic N) is 2. The van der Waals surface area contributed by atoms with E-state index in [2.05, 4.69) is 17.6 Å². The van der Waals surface area contributed by atoms with E-state index in [1.165, 1.54) is 0 Å². The number of hydrogen-bond donors (Lipinski definition) is 1. The molecule has 0 atom stereocenters. The normalized spacial score (nSPS) is 10.0. The average Bonchev–Trinajstić information content (AvgIpc) is 2.38. The SMILES string of the molecule is CN(C(=O)c1cccc(S)c1)c1cccnc1. The zero-order valence-electron chi connectivity index (χ0n) is 9.37. The first kappa shape index (κ1) is 11.7. The van der Waals surface area contributed by atoms with Gasteiger partial charge in [0.2, 0.25) is 0 Å². The molecule has 0 radical (unpaired) electrons. The van der Waals surface area contributed by atoms with Gasteiger partial charge in [-0.1, -0.05) is 6.07 Å². The van der Waals surface area contributed by atoms with Crippen LogP contribution in [0.1, 0.15) is 10.4 Å². The third-order valence-corrected chi connectivity index (χ3v) is 2.71. The Hall–Kier alpha value is -1.81. The van der Waals surface area contributed by atoms with Crippen LogP contribution in [0.5, 0.6) is 0 Å². The maximum Gasteiger partial charge on any atom is 0.258 e. The van der Waals surface area contributed by atoms with Crippen LogP contribution < -0.4 is 4.90 Å². The van der Waals surface area contributed by atoms with E-state index in [0.717, 1.165) is 10.6 Å². The van der Waals surface area contributed by atoms with Gasteiger partial charge in [0.25, 0.3) is 5.91 Å². The van der Waals surface area contributed by atoms with Crippen molar-refractivity contribution in [2.45, 2.75) is 4.90 Å². The Kier molecular flexibility index (Phi) is 3.44. The second-order valence-electron chi connectivity index (χ2n) is 3.63. The van der Waals surface area contributed by atoms with Crippen LogP contribution in [0.25, 0.3) is 0 Å². The third kappa shape index (κ3) is 2.65. The van der Waals surface area contributed by atoms with Crippen molar-refractivity contribution >= 4 is 24.2 Å². The van der Waals surface area contributed by atoms with Crippen LogP contribution in [-0.2, 0) is 0 Å². The highest BCUT2D eigenvalue weighted by Crippen LogP contribution is 2.15. The molecule has 0 saturated carbocycles. The van der Waals surface area contributed by atoms with Gasteiger partial charge in [-0.2, -0.15) is 0 Å². The number of anilines is 1. The molecular weight excluding hydrogens is 232 g/mol. The minimum absolute atomic E-state index is 0.0751. The molecule has 0 N–H and O–H groups in total. The standard InChI is InChI=1S/C13H12N2OS/c1-15(11-5-3-7-14-9-11)13(16)10-4-2-6-12(17)8-10/h2-9,17H,1H3. The van der Waals surface area contributed by atoms with Crippen molar-refractivity contribution < 1.29 is 4.79 Å². The van der Waals surface area contributed by atoms with Crippen molar-refractivity contribution in [3.63, 3.8) is 0 Å². The largest absolute Gasteiger partial charge is 0.310 e. The van der Waals surface area contributed by atoms with Gasteiger partial charge in [0.15, 0.2) is 0 Å². The molecule has 4 heteroatoms. The second-order valence-corrected chi connectivity index (χ2v) is 4.14. The molecule has 0 unspecified atom stereocenters. The molecule has 1 heterocycles. The molecule has 1 aromatic heterocycles. The lowest BCUT2D eigenvalue weighted by Crippen LogP contribution is -2.26. The predicted octanol–water partition coefficient (Wildman–Crippen LogP) is 2.65. The van der Waals surface area contributed by atoms with Crippen LogP contribution in [0.3, 0.4) is 0 Å².